The van der Waals surface area contributed by atoms with E-state index in [-0.39, 0.29) is 25.3 Å². The molecule has 9 heteroatoms. The fourth-order valence-corrected chi connectivity index (χ4v) is 8.17. The van der Waals surface area contributed by atoms with E-state index in [1.807, 2.05) is 0 Å². The van der Waals surface area contributed by atoms with Crippen molar-refractivity contribution >= 4 is 17.8 Å². The van der Waals surface area contributed by atoms with E-state index in [0.717, 1.165) is 96.6 Å². The molecule has 5 N–H and O–H groups in total. The smallest absolute Gasteiger partial charge is 0.307 e. The number of allylic oxidation sites excluding steroid dienone is 8. The largest absolute Gasteiger partial charge is 0.466 e. The summed E-state index contributed by atoms with van der Waals surface area (Å²) >= 11 is 0. The maximum Gasteiger partial charge on any atom is 0.307 e. The Morgan fingerprint density at radius 2 is 0.934 bits per heavy atom. The zero-order valence-corrected chi connectivity index (χ0v) is 39.4. The number of rotatable bonds is 41. The molecule has 0 spiro atoms. The van der Waals surface area contributed by atoms with Crippen LogP contribution in [-0.4, -0.2) is 74.7 Å². The van der Waals surface area contributed by atoms with E-state index in [4.69, 9.17) is 20.9 Å². The van der Waals surface area contributed by atoms with Crippen LogP contribution in [0.3, 0.4) is 0 Å². The van der Waals surface area contributed by atoms with Gasteiger partial charge in [0.2, 0.25) is 5.91 Å². The van der Waals surface area contributed by atoms with Crippen LogP contribution in [0.5, 0.6) is 0 Å². The van der Waals surface area contributed by atoms with Gasteiger partial charge < -0.3 is 26.3 Å². The van der Waals surface area contributed by atoms with Crippen molar-refractivity contribution in [2.75, 3.05) is 45.9 Å². The molecule has 0 aromatic heterocycles. The fourth-order valence-electron chi connectivity index (χ4n) is 8.17. The number of nitrogens with one attached hydrogen (secondary N) is 1. The number of hydrogen-bond acceptors (Lipinski definition) is 8. The molecule has 1 rings (SSSR count). The van der Waals surface area contributed by atoms with Crippen LogP contribution in [0.25, 0.3) is 0 Å². The second-order valence-electron chi connectivity index (χ2n) is 17.6. The lowest BCUT2D eigenvalue weighted by Gasteiger charge is -2.37. The van der Waals surface area contributed by atoms with Crippen molar-refractivity contribution in [1.82, 2.24) is 10.2 Å². The quantitative estimate of drug-likeness (QED) is 0.0314. The summed E-state index contributed by atoms with van der Waals surface area (Å²) in [4.78, 5) is 41.4. The zero-order valence-electron chi connectivity index (χ0n) is 39.4. The summed E-state index contributed by atoms with van der Waals surface area (Å²) < 4.78 is 11.2. The Morgan fingerprint density at radius 3 is 1.33 bits per heavy atom. The van der Waals surface area contributed by atoms with Gasteiger partial charge in [-0.05, 0) is 121 Å². The first-order chi connectivity index (χ1) is 29.9. The van der Waals surface area contributed by atoms with Gasteiger partial charge in [-0.1, -0.05) is 140 Å². The van der Waals surface area contributed by atoms with E-state index in [1.165, 1.54) is 89.9 Å². The van der Waals surface area contributed by atoms with Crippen LogP contribution >= 0.6 is 0 Å². The van der Waals surface area contributed by atoms with E-state index in [0.29, 0.717) is 38.1 Å². The standard InChI is InChI=1S/C52H94N4O5/c1-3-5-7-9-11-13-15-17-19-21-23-25-27-29-31-33-39-60-51(58)42-49(55-50(57)46-56-44-47(35-37-53)41-48(45-56)36-38-54)43-52(59)61-40-34-32-30-28-26-24-22-20-18-16-14-12-10-8-6-4-2/h11-14,17-20,47-49H,3-10,15-16,21-46,53-54H2,1-2H3,(H,55,57)/b13-11-,14-12-,19-17-,20-18-. The Hall–Kier alpha value is -2.75. The average Bonchev–Trinajstić information content (AvgIpc) is 3.23. The Morgan fingerprint density at radius 1 is 0.557 bits per heavy atom. The maximum absolute atomic E-state index is 13.3. The van der Waals surface area contributed by atoms with Crippen molar-refractivity contribution in [2.24, 2.45) is 23.3 Å². The molecule has 1 heterocycles. The van der Waals surface area contributed by atoms with E-state index < -0.39 is 18.0 Å². The number of amides is 1. The lowest BCUT2D eigenvalue weighted by Crippen LogP contribution is -2.48. The third-order valence-corrected chi connectivity index (χ3v) is 11.6. The first kappa shape index (κ1) is 56.3. The molecule has 1 amide bonds. The lowest BCUT2D eigenvalue weighted by atomic mass is 9.85. The van der Waals surface area contributed by atoms with Gasteiger partial charge in [0.1, 0.15) is 0 Å². The number of likely N-dealkylation sites (tertiary alicyclic amines) is 1. The van der Waals surface area contributed by atoms with Gasteiger partial charge >= 0.3 is 11.9 Å². The third-order valence-electron chi connectivity index (χ3n) is 11.6. The predicted octanol–water partition coefficient (Wildman–Crippen LogP) is 11.6. The summed E-state index contributed by atoms with van der Waals surface area (Å²) in [5.41, 5.74) is 11.8. The molecule has 1 fully saturated rings. The lowest BCUT2D eigenvalue weighted by molar-refractivity contribution is -0.146. The second kappa shape index (κ2) is 42.5. The van der Waals surface area contributed by atoms with Crippen LogP contribution in [0, 0.1) is 11.8 Å². The van der Waals surface area contributed by atoms with E-state index in [2.05, 4.69) is 72.7 Å². The number of nitrogens with zero attached hydrogens (tertiary/aromatic N) is 1. The molecule has 0 radical (unpaired) electrons. The highest BCUT2D eigenvalue weighted by Crippen LogP contribution is 2.26. The summed E-state index contributed by atoms with van der Waals surface area (Å²) in [7, 11) is 0. The number of unbranched alkanes of at least 4 members (excludes halogenated alkanes) is 18. The molecule has 0 aromatic carbocycles. The van der Waals surface area contributed by atoms with Gasteiger partial charge in [0.05, 0.1) is 32.6 Å². The van der Waals surface area contributed by atoms with Gasteiger partial charge in [-0.15, -0.1) is 0 Å². The van der Waals surface area contributed by atoms with Crippen molar-refractivity contribution in [3.8, 4) is 0 Å². The number of ether oxygens (including phenoxy) is 2. The molecular weight excluding hydrogens is 761 g/mol. The monoisotopic (exact) mass is 855 g/mol. The Bertz CT molecular complexity index is 1090. The van der Waals surface area contributed by atoms with Crippen LogP contribution in [0.4, 0.5) is 0 Å². The number of nitrogens with two attached hydrogens (primary N) is 2. The highest BCUT2D eigenvalue weighted by atomic mass is 16.5. The summed E-state index contributed by atoms with van der Waals surface area (Å²) in [6, 6.07) is -0.677. The minimum absolute atomic E-state index is 0.0560. The van der Waals surface area contributed by atoms with E-state index >= 15 is 0 Å². The van der Waals surface area contributed by atoms with Gasteiger partial charge in [-0.25, -0.2) is 0 Å². The first-order valence-electron chi connectivity index (χ1n) is 25.2. The summed E-state index contributed by atoms with van der Waals surface area (Å²) in [6.45, 7) is 8.26. The number of carbonyl (C=O) groups is 3. The first-order valence-corrected chi connectivity index (χ1v) is 25.2. The Labute approximate surface area is 374 Å². The number of hydrogen-bond donors (Lipinski definition) is 3. The zero-order chi connectivity index (χ0) is 44.3. The van der Waals surface area contributed by atoms with E-state index in [1.54, 1.807) is 0 Å². The second-order valence-corrected chi connectivity index (χ2v) is 17.6. The van der Waals surface area contributed by atoms with Crippen molar-refractivity contribution in [3.63, 3.8) is 0 Å². The average molecular weight is 855 g/mol. The maximum atomic E-state index is 13.3. The van der Waals surface area contributed by atoms with Crippen LogP contribution in [0.2, 0.25) is 0 Å². The van der Waals surface area contributed by atoms with E-state index in [9.17, 15) is 14.4 Å². The predicted molar refractivity (Wildman–Crippen MR) is 257 cm³/mol. The molecule has 1 aliphatic heterocycles. The summed E-state index contributed by atoms with van der Waals surface area (Å²) in [5.74, 6) is -0.115. The third kappa shape index (κ3) is 36.4. The van der Waals surface area contributed by atoms with Crippen molar-refractivity contribution < 1.29 is 23.9 Å². The molecule has 352 valence electrons. The molecule has 2 unspecified atom stereocenters. The fraction of sp³-hybridized carbons (Fsp3) is 0.788. The minimum atomic E-state index is -0.677. The summed E-state index contributed by atoms with van der Waals surface area (Å²) in [5, 5.41) is 2.99. The Balaban J connectivity index is 2.41. The van der Waals surface area contributed by atoms with Gasteiger partial charge in [-0.2, -0.15) is 0 Å². The molecule has 9 nitrogen and oxygen atoms in total. The number of esters is 2. The highest BCUT2D eigenvalue weighted by molar-refractivity contribution is 5.81. The molecule has 1 saturated heterocycles. The minimum Gasteiger partial charge on any atom is -0.466 e. The van der Waals surface area contributed by atoms with Crippen molar-refractivity contribution in [2.45, 2.75) is 206 Å². The van der Waals surface area contributed by atoms with Crippen LogP contribution in [0.1, 0.15) is 200 Å². The molecule has 0 aromatic rings. The van der Waals surface area contributed by atoms with Crippen LogP contribution < -0.4 is 16.8 Å². The van der Waals surface area contributed by atoms with Gasteiger partial charge in [0, 0.05) is 19.1 Å². The molecule has 0 saturated carbocycles. The molecule has 2 atom stereocenters. The summed E-state index contributed by atoms with van der Waals surface area (Å²) in [6.07, 6.45) is 48.7. The van der Waals surface area contributed by atoms with Gasteiger partial charge in [0.25, 0.3) is 0 Å². The van der Waals surface area contributed by atoms with Gasteiger partial charge in [-0.3, -0.25) is 19.3 Å². The van der Waals surface area contributed by atoms with Crippen molar-refractivity contribution in [1.29, 1.82) is 0 Å². The van der Waals surface area contributed by atoms with Crippen molar-refractivity contribution in [3.05, 3.63) is 48.6 Å². The molecule has 61 heavy (non-hydrogen) atoms. The molecule has 0 aliphatic carbocycles. The Kier molecular flexibility index (Phi) is 39.2. The molecule has 1 aliphatic rings. The topological polar surface area (TPSA) is 137 Å². The number of piperidine rings is 1. The normalized spacial score (nSPS) is 16.2. The molecule has 0 bridgehead atoms. The number of carbonyl (C=O) groups excluding carboxylic acids is 3. The van der Waals surface area contributed by atoms with Crippen LogP contribution in [-0.2, 0) is 23.9 Å². The van der Waals surface area contributed by atoms with Crippen LogP contribution in [0.15, 0.2) is 48.6 Å². The highest BCUT2D eigenvalue weighted by Gasteiger charge is 2.29. The van der Waals surface area contributed by atoms with Gasteiger partial charge in [0.15, 0.2) is 0 Å². The molecular formula is C52H94N4O5. The SMILES string of the molecule is CCCCC/C=C\C/C=C\CCCCCCCCOC(=O)CC(CC(=O)OCCCCCCCC/C=C\C/C=C\CCCCC)NC(=O)CN1CC(CCN)CC(CCN)C1.